The lowest BCUT2D eigenvalue weighted by atomic mass is 9.70. The number of aromatic nitrogens is 1. The van der Waals surface area contributed by atoms with Gasteiger partial charge in [0.05, 0.1) is 5.52 Å². The predicted octanol–water partition coefficient (Wildman–Crippen LogP) is 3.80. The number of nitrogens with two attached hydrogens (primary N) is 2. The lowest BCUT2D eigenvalue weighted by Gasteiger charge is -2.36. The summed E-state index contributed by atoms with van der Waals surface area (Å²) in [6.45, 7) is 0.724. The van der Waals surface area contributed by atoms with Crippen molar-refractivity contribution in [2.75, 3.05) is 12.3 Å². The Kier molecular flexibility index (Phi) is 3.35. The van der Waals surface area contributed by atoms with E-state index in [0.29, 0.717) is 16.9 Å². The van der Waals surface area contributed by atoms with Crippen LogP contribution in [0.3, 0.4) is 0 Å². The van der Waals surface area contributed by atoms with Crippen molar-refractivity contribution in [3.8, 4) is 0 Å². The highest BCUT2D eigenvalue weighted by atomic mass is 35.5. The molecule has 4 heteroatoms. The number of anilines is 1. The van der Waals surface area contributed by atoms with E-state index in [1.54, 1.807) is 0 Å². The van der Waals surface area contributed by atoms with E-state index in [1.807, 2.05) is 18.2 Å². The summed E-state index contributed by atoms with van der Waals surface area (Å²) in [6, 6.07) is 5.79. The Morgan fingerprint density at radius 1 is 1.27 bits per heavy atom. The molecule has 0 aliphatic heterocycles. The van der Waals surface area contributed by atoms with Gasteiger partial charge in [-0.15, -0.1) is 0 Å². The second-order valence-corrected chi connectivity index (χ2v) is 6.95. The largest absolute Gasteiger partial charge is 0.398 e. The van der Waals surface area contributed by atoms with Crippen LogP contribution in [-0.2, 0) is 6.42 Å². The van der Waals surface area contributed by atoms with Crippen LogP contribution in [0, 0.1) is 5.92 Å². The number of hydrogen-bond acceptors (Lipinski definition) is 3. The van der Waals surface area contributed by atoms with Gasteiger partial charge >= 0.3 is 0 Å². The van der Waals surface area contributed by atoms with Crippen LogP contribution in [0.1, 0.15) is 36.4 Å². The summed E-state index contributed by atoms with van der Waals surface area (Å²) in [6.07, 6.45) is 6.66. The number of nitrogens with zero attached hydrogens (tertiary/aromatic N) is 1. The number of pyridine rings is 1. The summed E-state index contributed by atoms with van der Waals surface area (Å²) in [5.74, 6) is 1.07. The van der Waals surface area contributed by atoms with Crippen molar-refractivity contribution < 1.29 is 0 Å². The molecule has 0 amide bonds. The van der Waals surface area contributed by atoms with Gasteiger partial charge in [-0.2, -0.15) is 0 Å². The van der Waals surface area contributed by atoms with Gasteiger partial charge in [-0.3, -0.25) is 4.98 Å². The minimum atomic E-state index is 0.493. The van der Waals surface area contributed by atoms with Gasteiger partial charge in [-0.1, -0.05) is 23.3 Å². The third-order valence-corrected chi connectivity index (χ3v) is 5.24. The molecule has 0 radical (unpaired) electrons. The van der Waals surface area contributed by atoms with E-state index >= 15 is 0 Å². The van der Waals surface area contributed by atoms with Crippen molar-refractivity contribution in [2.24, 2.45) is 11.7 Å². The zero-order chi connectivity index (χ0) is 15.3. The molecule has 0 saturated heterocycles. The van der Waals surface area contributed by atoms with E-state index in [4.69, 9.17) is 28.1 Å². The van der Waals surface area contributed by atoms with E-state index < -0.39 is 0 Å². The molecule has 114 valence electrons. The zero-order valence-corrected chi connectivity index (χ0v) is 13.2. The van der Waals surface area contributed by atoms with Crippen LogP contribution in [0.4, 0.5) is 5.69 Å². The van der Waals surface area contributed by atoms with Gasteiger partial charge in [0.25, 0.3) is 0 Å². The minimum absolute atomic E-state index is 0.493. The van der Waals surface area contributed by atoms with Crippen LogP contribution >= 0.6 is 11.6 Å². The second-order valence-electron chi connectivity index (χ2n) is 6.51. The molecule has 2 aliphatic carbocycles. The Bertz CT molecular complexity index is 781. The summed E-state index contributed by atoms with van der Waals surface area (Å²) in [5.41, 5.74) is 18.0. The molecule has 2 aromatic rings. The van der Waals surface area contributed by atoms with Crippen molar-refractivity contribution in [3.63, 3.8) is 0 Å². The highest BCUT2D eigenvalue weighted by Gasteiger charge is 2.33. The maximum Gasteiger partial charge on any atom is 0.0741 e. The summed E-state index contributed by atoms with van der Waals surface area (Å²) in [7, 11) is 0. The average molecular weight is 314 g/mol. The lowest BCUT2D eigenvalue weighted by Crippen LogP contribution is -2.25. The topological polar surface area (TPSA) is 64.9 Å². The fourth-order valence-corrected chi connectivity index (χ4v) is 4.32. The van der Waals surface area contributed by atoms with Crippen LogP contribution in [0.5, 0.6) is 0 Å². The summed E-state index contributed by atoms with van der Waals surface area (Å²) >= 11 is 6.10. The van der Waals surface area contributed by atoms with Gasteiger partial charge in [0.2, 0.25) is 0 Å². The maximum absolute atomic E-state index is 6.52. The van der Waals surface area contributed by atoms with Crippen LogP contribution in [-0.4, -0.2) is 11.5 Å². The van der Waals surface area contributed by atoms with E-state index in [9.17, 15) is 0 Å². The Hall–Kier alpha value is -1.58. The Labute approximate surface area is 135 Å². The van der Waals surface area contributed by atoms with Crippen molar-refractivity contribution in [1.29, 1.82) is 0 Å². The average Bonchev–Trinajstić information content (AvgIpc) is 2.46. The zero-order valence-electron chi connectivity index (χ0n) is 12.5. The minimum Gasteiger partial charge on any atom is -0.398 e. The quantitative estimate of drug-likeness (QED) is 0.829. The molecular formula is C18H20ClN3. The summed E-state index contributed by atoms with van der Waals surface area (Å²) in [4.78, 5) is 4.87. The first-order chi connectivity index (χ1) is 10.7. The maximum atomic E-state index is 6.52. The Morgan fingerprint density at radius 3 is 2.95 bits per heavy atom. The second kappa shape index (κ2) is 5.25. The van der Waals surface area contributed by atoms with Gasteiger partial charge in [-0.25, -0.2) is 0 Å². The molecule has 3 nitrogen and oxygen atoms in total. The first kappa shape index (κ1) is 14.0. The summed E-state index contributed by atoms with van der Waals surface area (Å²) < 4.78 is 0. The van der Waals surface area contributed by atoms with Crippen molar-refractivity contribution in [2.45, 2.75) is 31.6 Å². The monoisotopic (exact) mass is 313 g/mol. The Morgan fingerprint density at radius 2 is 2.14 bits per heavy atom. The molecule has 4 rings (SSSR count). The number of benzene rings is 1. The van der Waals surface area contributed by atoms with E-state index in [2.05, 4.69) is 6.08 Å². The molecule has 2 aliphatic rings. The number of nitrogen functional groups attached to an aromatic ring is 1. The molecule has 0 unspecified atom stereocenters. The highest BCUT2D eigenvalue weighted by Crippen LogP contribution is 2.47. The van der Waals surface area contributed by atoms with Crippen molar-refractivity contribution >= 4 is 28.2 Å². The summed E-state index contributed by atoms with van der Waals surface area (Å²) in [5, 5.41) is 1.73. The molecule has 2 atom stereocenters. The molecule has 0 spiro atoms. The van der Waals surface area contributed by atoms with Gasteiger partial charge in [0.1, 0.15) is 0 Å². The van der Waals surface area contributed by atoms with Gasteiger partial charge in [0, 0.05) is 27.4 Å². The van der Waals surface area contributed by atoms with Crippen molar-refractivity contribution in [1.82, 2.24) is 4.98 Å². The number of rotatable bonds is 2. The lowest BCUT2D eigenvalue weighted by molar-refractivity contribution is 0.428. The van der Waals surface area contributed by atoms with Crippen molar-refractivity contribution in [3.05, 3.63) is 46.1 Å². The molecule has 1 aromatic carbocycles. The number of allylic oxidation sites excluding steroid dienone is 1. The smallest absolute Gasteiger partial charge is 0.0741 e. The molecule has 0 saturated carbocycles. The standard InChI is InChI=1S/C18H20ClN3/c19-13-1-2-14-15(9-13)22-16-8-11-5-10(3-4-20)6-12(7-11)17(16)18(14)21/h1-2,5,9,11-12H,3-4,6-8,20H2,(H2,21,22)/t11-,12+/m1/s1. The third-order valence-electron chi connectivity index (χ3n) is 5.00. The molecule has 22 heavy (non-hydrogen) atoms. The molecule has 0 fully saturated rings. The fraction of sp³-hybridized carbons (Fsp3) is 0.389. The Balaban J connectivity index is 1.85. The SMILES string of the molecule is NCCC1=C[C@H]2Cc3nc4cc(Cl)ccc4c(N)c3[C@@H](C1)C2. The van der Waals surface area contributed by atoms with Crippen LogP contribution in [0.2, 0.25) is 5.02 Å². The van der Waals surface area contributed by atoms with E-state index in [0.717, 1.165) is 48.1 Å². The molecule has 4 N–H and O–H groups in total. The first-order valence-corrected chi connectivity index (χ1v) is 8.30. The molecule has 1 aromatic heterocycles. The van der Waals surface area contributed by atoms with Gasteiger partial charge in [-0.05, 0) is 62.3 Å². The number of hydrogen-bond donors (Lipinski definition) is 2. The molecule has 1 heterocycles. The fourth-order valence-electron chi connectivity index (χ4n) is 4.16. The highest BCUT2D eigenvalue weighted by molar-refractivity contribution is 6.31. The van der Waals surface area contributed by atoms with Crippen LogP contribution in [0.15, 0.2) is 29.8 Å². The van der Waals surface area contributed by atoms with Crippen LogP contribution in [0.25, 0.3) is 10.9 Å². The molecular weight excluding hydrogens is 294 g/mol. The van der Waals surface area contributed by atoms with Crippen LogP contribution < -0.4 is 11.5 Å². The number of halogens is 1. The predicted molar refractivity (Wildman–Crippen MR) is 92.1 cm³/mol. The van der Waals surface area contributed by atoms with Gasteiger partial charge < -0.3 is 11.5 Å². The van der Waals surface area contributed by atoms with E-state index in [-0.39, 0.29) is 0 Å². The van der Waals surface area contributed by atoms with Gasteiger partial charge in [0.15, 0.2) is 0 Å². The third kappa shape index (κ3) is 2.20. The first-order valence-electron chi connectivity index (χ1n) is 7.93. The molecule has 2 bridgehead atoms. The van der Waals surface area contributed by atoms with E-state index in [1.165, 1.54) is 17.6 Å². The normalized spacial score (nSPS) is 23.3. The number of fused-ring (bicyclic) bond motifs is 5.